The zero-order chi connectivity index (χ0) is 15.9. The van der Waals surface area contributed by atoms with Crippen LogP contribution in [0.2, 0.25) is 0 Å². The molecule has 1 heterocycles. The van der Waals surface area contributed by atoms with Crippen molar-refractivity contribution < 1.29 is 4.74 Å². The quantitative estimate of drug-likeness (QED) is 0.706. The number of nitrogens with zero attached hydrogens (tertiary/aromatic N) is 1. The van der Waals surface area contributed by atoms with Crippen molar-refractivity contribution in [1.29, 1.82) is 0 Å². The Kier molecular flexibility index (Phi) is 5.22. The summed E-state index contributed by atoms with van der Waals surface area (Å²) in [6.07, 6.45) is 2.83. The van der Waals surface area contributed by atoms with E-state index in [1.807, 2.05) is 24.4 Å². The maximum atomic E-state index is 5.94. The molecular weight excluding hydrogens is 284 g/mol. The van der Waals surface area contributed by atoms with Gasteiger partial charge in [0.25, 0.3) is 0 Å². The molecule has 118 valence electrons. The van der Waals surface area contributed by atoms with Gasteiger partial charge >= 0.3 is 0 Å². The van der Waals surface area contributed by atoms with Crippen LogP contribution < -0.4 is 10.1 Å². The molecule has 0 radical (unpaired) electrons. The Hall–Kier alpha value is -2.39. The van der Waals surface area contributed by atoms with E-state index >= 15 is 0 Å². The molecule has 0 amide bonds. The number of fused-ring (bicyclic) bond motifs is 1. The van der Waals surface area contributed by atoms with E-state index in [1.165, 1.54) is 16.3 Å². The minimum absolute atomic E-state index is 0.742. The maximum absolute atomic E-state index is 5.94. The Morgan fingerprint density at radius 3 is 2.65 bits per heavy atom. The molecule has 0 bridgehead atoms. The molecule has 0 aliphatic rings. The van der Waals surface area contributed by atoms with Crippen LogP contribution in [0.1, 0.15) is 24.6 Å². The lowest BCUT2D eigenvalue weighted by Crippen LogP contribution is -2.15. The highest BCUT2D eigenvalue weighted by atomic mass is 16.5. The van der Waals surface area contributed by atoms with Gasteiger partial charge in [0.15, 0.2) is 0 Å². The van der Waals surface area contributed by atoms with Crippen LogP contribution in [-0.4, -0.2) is 11.6 Å². The number of nitrogens with one attached hydrogen (secondary N) is 1. The summed E-state index contributed by atoms with van der Waals surface area (Å²) in [5.74, 6) is 0.971. The van der Waals surface area contributed by atoms with Gasteiger partial charge in [-0.15, -0.1) is 0 Å². The summed E-state index contributed by atoms with van der Waals surface area (Å²) in [7, 11) is 0. The Labute approximate surface area is 137 Å². The van der Waals surface area contributed by atoms with Crippen LogP contribution in [0.3, 0.4) is 0 Å². The van der Waals surface area contributed by atoms with E-state index in [9.17, 15) is 0 Å². The fourth-order valence-corrected chi connectivity index (χ4v) is 2.66. The summed E-state index contributed by atoms with van der Waals surface area (Å²) in [6, 6.07) is 18.6. The SMILES string of the molecule is CCCOc1ccc2ccccc2c1CNCc1ccccn1. The van der Waals surface area contributed by atoms with Crippen LogP contribution in [0.5, 0.6) is 5.75 Å². The third-order valence-electron chi connectivity index (χ3n) is 3.79. The van der Waals surface area contributed by atoms with E-state index in [1.54, 1.807) is 0 Å². The van der Waals surface area contributed by atoms with E-state index in [2.05, 4.69) is 53.6 Å². The average Bonchev–Trinajstić information content (AvgIpc) is 2.61. The van der Waals surface area contributed by atoms with Gasteiger partial charge in [-0.2, -0.15) is 0 Å². The minimum atomic E-state index is 0.742. The first-order valence-corrected chi connectivity index (χ1v) is 8.12. The van der Waals surface area contributed by atoms with Crippen molar-refractivity contribution in [2.24, 2.45) is 0 Å². The summed E-state index contributed by atoms with van der Waals surface area (Å²) in [4.78, 5) is 4.35. The highest BCUT2D eigenvalue weighted by Gasteiger charge is 2.08. The molecule has 1 N–H and O–H groups in total. The Morgan fingerprint density at radius 2 is 1.83 bits per heavy atom. The second-order valence-corrected chi connectivity index (χ2v) is 5.54. The van der Waals surface area contributed by atoms with E-state index in [0.29, 0.717) is 0 Å². The molecule has 2 aromatic carbocycles. The monoisotopic (exact) mass is 306 g/mol. The maximum Gasteiger partial charge on any atom is 0.124 e. The number of rotatable bonds is 7. The van der Waals surface area contributed by atoms with Gasteiger partial charge in [-0.1, -0.05) is 43.3 Å². The molecule has 3 heteroatoms. The van der Waals surface area contributed by atoms with E-state index in [-0.39, 0.29) is 0 Å². The number of aromatic nitrogens is 1. The van der Waals surface area contributed by atoms with Crippen LogP contribution in [-0.2, 0) is 13.1 Å². The summed E-state index contributed by atoms with van der Waals surface area (Å²) in [6.45, 7) is 4.37. The smallest absolute Gasteiger partial charge is 0.124 e. The van der Waals surface area contributed by atoms with Gasteiger partial charge in [0.1, 0.15) is 5.75 Å². The van der Waals surface area contributed by atoms with Crippen LogP contribution in [0.4, 0.5) is 0 Å². The first kappa shape index (κ1) is 15.5. The molecule has 23 heavy (non-hydrogen) atoms. The normalized spacial score (nSPS) is 10.8. The van der Waals surface area contributed by atoms with E-state index in [4.69, 9.17) is 4.74 Å². The molecule has 3 rings (SSSR count). The fourth-order valence-electron chi connectivity index (χ4n) is 2.66. The Bertz CT molecular complexity index is 756. The highest BCUT2D eigenvalue weighted by molar-refractivity contribution is 5.87. The molecule has 0 spiro atoms. The summed E-state index contributed by atoms with van der Waals surface area (Å²) in [5, 5.41) is 5.97. The Balaban J connectivity index is 1.81. The van der Waals surface area contributed by atoms with Gasteiger partial charge in [-0.25, -0.2) is 0 Å². The minimum Gasteiger partial charge on any atom is -0.493 e. The summed E-state index contributed by atoms with van der Waals surface area (Å²) >= 11 is 0. The lowest BCUT2D eigenvalue weighted by Gasteiger charge is -2.14. The number of hydrogen-bond acceptors (Lipinski definition) is 3. The van der Waals surface area contributed by atoms with Crippen molar-refractivity contribution in [3.63, 3.8) is 0 Å². The fraction of sp³-hybridized carbons (Fsp3) is 0.250. The molecule has 0 aliphatic heterocycles. The van der Waals surface area contributed by atoms with Crippen molar-refractivity contribution in [3.8, 4) is 5.75 Å². The molecule has 0 saturated carbocycles. The molecule has 0 unspecified atom stereocenters. The van der Waals surface area contributed by atoms with Crippen molar-refractivity contribution in [2.75, 3.05) is 6.61 Å². The predicted octanol–water partition coefficient (Wildman–Crippen LogP) is 4.31. The zero-order valence-electron chi connectivity index (χ0n) is 13.5. The second kappa shape index (κ2) is 7.75. The molecule has 0 atom stereocenters. The van der Waals surface area contributed by atoms with E-state index < -0.39 is 0 Å². The standard InChI is InChI=1S/C20H22N2O/c1-2-13-23-20-11-10-16-7-3-4-9-18(16)19(20)15-21-14-17-8-5-6-12-22-17/h3-12,21H,2,13-15H2,1H3. The van der Waals surface area contributed by atoms with Gasteiger partial charge in [-0.3, -0.25) is 4.98 Å². The third kappa shape index (κ3) is 3.88. The van der Waals surface area contributed by atoms with Gasteiger partial charge in [0.2, 0.25) is 0 Å². The number of pyridine rings is 1. The van der Waals surface area contributed by atoms with Crippen molar-refractivity contribution in [1.82, 2.24) is 10.3 Å². The first-order valence-electron chi connectivity index (χ1n) is 8.12. The number of ether oxygens (including phenoxy) is 1. The second-order valence-electron chi connectivity index (χ2n) is 5.54. The lowest BCUT2D eigenvalue weighted by atomic mass is 10.0. The molecular formula is C20H22N2O. The highest BCUT2D eigenvalue weighted by Crippen LogP contribution is 2.28. The molecule has 3 nitrogen and oxygen atoms in total. The van der Waals surface area contributed by atoms with E-state index in [0.717, 1.165) is 37.6 Å². The average molecular weight is 306 g/mol. The lowest BCUT2D eigenvalue weighted by molar-refractivity contribution is 0.314. The van der Waals surface area contributed by atoms with Crippen LogP contribution in [0, 0.1) is 0 Å². The summed E-state index contributed by atoms with van der Waals surface area (Å²) in [5.41, 5.74) is 2.26. The number of benzene rings is 2. The molecule has 3 aromatic rings. The van der Waals surface area contributed by atoms with Crippen molar-refractivity contribution in [2.45, 2.75) is 26.4 Å². The van der Waals surface area contributed by atoms with Gasteiger partial charge in [0, 0.05) is 24.8 Å². The predicted molar refractivity (Wildman–Crippen MR) is 94.5 cm³/mol. The van der Waals surface area contributed by atoms with Gasteiger partial charge < -0.3 is 10.1 Å². The number of hydrogen-bond donors (Lipinski definition) is 1. The summed E-state index contributed by atoms with van der Waals surface area (Å²) < 4.78 is 5.94. The largest absolute Gasteiger partial charge is 0.493 e. The molecule has 0 fully saturated rings. The van der Waals surface area contributed by atoms with Crippen molar-refractivity contribution >= 4 is 10.8 Å². The van der Waals surface area contributed by atoms with Gasteiger partial charge in [0.05, 0.1) is 12.3 Å². The van der Waals surface area contributed by atoms with Gasteiger partial charge in [-0.05, 0) is 35.4 Å². The topological polar surface area (TPSA) is 34.1 Å². The molecule has 1 aromatic heterocycles. The van der Waals surface area contributed by atoms with Crippen molar-refractivity contribution in [3.05, 3.63) is 72.1 Å². The first-order chi connectivity index (χ1) is 11.4. The van der Waals surface area contributed by atoms with Crippen LogP contribution in [0.25, 0.3) is 10.8 Å². The third-order valence-corrected chi connectivity index (χ3v) is 3.79. The molecule has 0 saturated heterocycles. The Morgan fingerprint density at radius 1 is 0.957 bits per heavy atom. The van der Waals surface area contributed by atoms with Crippen LogP contribution in [0.15, 0.2) is 60.8 Å². The zero-order valence-corrected chi connectivity index (χ0v) is 13.5. The molecule has 0 aliphatic carbocycles. The van der Waals surface area contributed by atoms with Crippen LogP contribution >= 0.6 is 0 Å².